The molecule has 0 saturated heterocycles. The van der Waals surface area contributed by atoms with Gasteiger partial charge in [-0.2, -0.15) is 0 Å². The van der Waals surface area contributed by atoms with Crippen LogP contribution in [0.2, 0.25) is 0 Å². The largest absolute Gasteiger partial charge is 0.480 e. The zero-order chi connectivity index (χ0) is 15.2. The normalized spacial score (nSPS) is 11.1. The van der Waals surface area contributed by atoms with E-state index in [1.54, 1.807) is 12.1 Å². The number of carboxylic acids is 1. The highest BCUT2D eigenvalue weighted by Gasteiger charge is 2.14. The number of carbonyl (C=O) groups excluding carboxylic acids is 1. The first kappa shape index (κ1) is 16.6. The van der Waals surface area contributed by atoms with Crippen LogP contribution in [0.3, 0.4) is 0 Å². The first-order chi connectivity index (χ1) is 9.31. The predicted molar refractivity (Wildman–Crippen MR) is 74.6 cm³/mol. The Labute approximate surface area is 124 Å². The van der Waals surface area contributed by atoms with Crippen LogP contribution in [-0.2, 0) is 19.6 Å². The van der Waals surface area contributed by atoms with Crippen molar-refractivity contribution in [3.05, 3.63) is 28.7 Å². The van der Waals surface area contributed by atoms with Gasteiger partial charge in [0.05, 0.1) is 4.90 Å². The van der Waals surface area contributed by atoms with Gasteiger partial charge in [0, 0.05) is 17.4 Å². The molecule has 1 rings (SSSR count). The van der Waals surface area contributed by atoms with Crippen LogP contribution in [-0.4, -0.2) is 38.5 Å². The van der Waals surface area contributed by atoms with E-state index in [4.69, 9.17) is 5.11 Å². The summed E-state index contributed by atoms with van der Waals surface area (Å²) in [5.41, 5.74) is 0. The Balaban J connectivity index is 2.46. The third kappa shape index (κ3) is 5.68. The molecule has 0 aliphatic rings. The molecule has 0 unspecified atom stereocenters. The quantitative estimate of drug-likeness (QED) is 0.644. The molecular weight excluding hydrogens is 352 g/mol. The van der Waals surface area contributed by atoms with Gasteiger partial charge in [0.15, 0.2) is 0 Å². The van der Waals surface area contributed by atoms with E-state index < -0.39 is 28.4 Å². The minimum atomic E-state index is -3.67. The molecule has 20 heavy (non-hydrogen) atoms. The Morgan fingerprint density at radius 3 is 2.35 bits per heavy atom. The van der Waals surface area contributed by atoms with Crippen molar-refractivity contribution in [1.29, 1.82) is 0 Å². The van der Waals surface area contributed by atoms with E-state index in [1.807, 2.05) is 0 Å². The molecule has 0 saturated carbocycles. The summed E-state index contributed by atoms with van der Waals surface area (Å²) in [6.45, 7) is -0.595. The second-order valence-electron chi connectivity index (χ2n) is 3.77. The zero-order valence-electron chi connectivity index (χ0n) is 10.3. The van der Waals surface area contributed by atoms with Crippen molar-refractivity contribution in [2.75, 3.05) is 13.1 Å². The molecule has 110 valence electrons. The number of halogens is 1. The lowest BCUT2D eigenvalue weighted by atomic mass is 10.4. The molecule has 0 spiro atoms. The van der Waals surface area contributed by atoms with Gasteiger partial charge in [0.25, 0.3) is 0 Å². The van der Waals surface area contributed by atoms with Gasteiger partial charge >= 0.3 is 5.97 Å². The predicted octanol–water partition coefficient (Wildman–Crippen LogP) is 0.318. The number of aliphatic carboxylic acids is 1. The van der Waals surface area contributed by atoms with E-state index in [0.717, 1.165) is 4.47 Å². The smallest absolute Gasteiger partial charge is 0.322 e. The molecule has 0 heterocycles. The van der Waals surface area contributed by atoms with Crippen LogP contribution in [0.5, 0.6) is 0 Å². The first-order valence-corrected chi connectivity index (χ1v) is 7.82. The highest BCUT2D eigenvalue weighted by atomic mass is 79.9. The number of hydrogen-bond acceptors (Lipinski definition) is 4. The van der Waals surface area contributed by atoms with E-state index in [-0.39, 0.29) is 17.9 Å². The van der Waals surface area contributed by atoms with E-state index in [1.165, 1.54) is 12.1 Å². The zero-order valence-corrected chi connectivity index (χ0v) is 12.7. The van der Waals surface area contributed by atoms with Crippen molar-refractivity contribution in [1.82, 2.24) is 10.0 Å². The Morgan fingerprint density at radius 2 is 1.80 bits per heavy atom. The van der Waals surface area contributed by atoms with Crippen molar-refractivity contribution in [2.45, 2.75) is 11.3 Å². The van der Waals surface area contributed by atoms with Crippen molar-refractivity contribution in [2.24, 2.45) is 0 Å². The van der Waals surface area contributed by atoms with Gasteiger partial charge in [0.1, 0.15) is 6.54 Å². The highest BCUT2D eigenvalue weighted by molar-refractivity contribution is 9.10. The topological polar surface area (TPSA) is 113 Å². The Kier molecular flexibility index (Phi) is 6.11. The maximum Gasteiger partial charge on any atom is 0.322 e. The number of carbonyl (C=O) groups is 2. The summed E-state index contributed by atoms with van der Waals surface area (Å²) >= 11 is 3.20. The molecule has 0 radical (unpaired) electrons. The minimum absolute atomic E-state index is 0.0895. The average molecular weight is 365 g/mol. The van der Waals surface area contributed by atoms with Crippen LogP contribution >= 0.6 is 15.9 Å². The van der Waals surface area contributed by atoms with Gasteiger partial charge < -0.3 is 10.4 Å². The SMILES string of the molecule is O=C(O)CNC(=O)CCNS(=O)(=O)c1ccc(Br)cc1. The fourth-order valence-corrected chi connectivity index (χ4v) is 2.55. The number of sulfonamides is 1. The van der Waals surface area contributed by atoms with E-state index in [2.05, 4.69) is 26.0 Å². The lowest BCUT2D eigenvalue weighted by Crippen LogP contribution is -2.33. The Bertz CT molecular complexity index is 585. The lowest BCUT2D eigenvalue weighted by molar-refractivity contribution is -0.137. The van der Waals surface area contributed by atoms with Crippen LogP contribution in [0.1, 0.15) is 6.42 Å². The van der Waals surface area contributed by atoms with Gasteiger partial charge in [-0.1, -0.05) is 15.9 Å². The van der Waals surface area contributed by atoms with Gasteiger partial charge in [-0.15, -0.1) is 0 Å². The maximum atomic E-state index is 11.8. The van der Waals surface area contributed by atoms with Crippen LogP contribution < -0.4 is 10.0 Å². The van der Waals surface area contributed by atoms with Crippen molar-refractivity contribution >= 4 is 37.8 Å². The molecular formula is C11H13BrN2O5S. The molecule has 1 aromatic carbocycles. The third-order valence-corrected chi connectivity index (χ3v) is 4.21. The fourth-order valence-electron chi connectivity index (χ4n) is 1.26. The number of carboxylic acid groups (broad SMARTS) is 1. The molecule has 1 aromatic rings. The molecule has 0 aliphatic carbocycles. The van der Waals surface area contributed by atoms with E-state index >= 15 is 0 Å². The second-order valence-corrected chi connectivity index (χ2v) is 6.45. The number of rotatable bonds is 7. The summed E-state index contributed by atoms with van der Waals surface area (Å²) in [5, 5.41) is 10.5. The summed E-state index contributed by atoms with van der Waals surface area (Å²) in [6, 6.07) is 6.04. The molecule has 9 heteroatoms. The van der Waals surface area contributed by atoms with Crippen molar-refractivity contribution in [3.8, 4) is 0 Å². The number of amides is 1. The van der Waals surface area contributed by atoms with E-state index in [9.17, 15) is 18.0 Å². The summed E-state index contributed by atoms with van der Waals surface area (Å²) in [4.78, 5) is 21.5. The molecule has 3 N–H and O–H groups in total. The molecule has 0 aromatic heterocycles. The summed E-state index contributed by atoms with van der Waals surface area (Å²) < 4.78 is 26.7. The highest BCUT2D eigenvalue weighted by Crippen LogP contribution is 2.14. The van der Waals surface area contributed by atoms with Crippen LogP contribution in [0.4, 0.5) is 0 Å². The molecule has 0 aliphatic heterocycles. The molecule has 0 bridgehead atoms. The Hall–Kier alpha value is -1.45. The number of benzene rings is 1. The van der Waals surface area contributed by atoms with E-state index in [0.29, 0.717) is 0 Å². The van der Waals surface area contributed by atoms with Gasteiger partial charge in [-0.05, 0) is 24.3 Å². The van der Waals surface area contributed by atoms with Gasteiger partial charge in [0.2, 0.25) is 15.9 Å². The number of hydrogen-bond donors (Lipinski definition) is 3. The standard InChI is InChI=1S/C11H13BrN2O5S/c12-8-1-3-9(4-2-8)20(18,19)14-6-5-10(15)13-7-11(16)17/h1-4,14H,5-7H2,(H,13,15)(H,16,17). The van der Waals surface area contributed by atoms with Crippen LogP contribution in [0.15, 0.2) is 33.6 Å². The lowest BCUT2D eigenvalue weighted by Gasteiger charge is -2.07. The summed E-state index contributed by atoms with van der Waals surface area (Å²) in [6.07, 6.45) is -0.136. The monoisotopic (exact) mass is 364 g/mol. The van der Waals surface area contributed by atoms with Crippen LogP contribution in [0.25, 0.3) is 0 Å². The molecule has 1 amide bonds. The first-order valence-electron chi connectivity index (χ1n) is 5.55. The van der Waals surface area contributed by atoms with Crippen molar-refractivity contribution < 1.29 is 23.1 Å². The molecule has 7 nitrogen and oxygen atoms in total. The number of nitrogens with one attached hydrogen (secondary N) is 2. The summed E-state index contributed by atoms with van der Waals surface area (Å²) in [5.74, 6) is -1.69. The Morgan fingerprint density at radius 1 is 1.20 bits per heavy atom. The maximum absolute atomic E-state index is 11.8. The van der Waals surface area contributed by atoms with Crippen molar-refractivity contribution in [3.63, 3.8) is 0 Å². The summed E-state index contributed by atoms with van der Waals surface area (Å²) in [7, 11) is -3.67. The second kappa shape index (κ2) is 7.36. The third-order valence-electron chi connectivity index (χ3n) is 2.20. The molecule has 0 atom stereocenters. The average Bonchev–Trinajstić information content (AvgIpc) is 2.36. The van der Waals surface area contributed by atoms with Gasteiger partial charge in [-0.25, -0.2) is 13.1 Å². The molecule has 0 fully saturated rings. The minimum Gasteiger partial charge on any atom is -0.480 e. The van der Waals surface area contributed by atoms with Crippen LogP contribution in [0, 0.1) is 0 Å². The fraction of sp³-hybridized carbons (Fsp3) is 0.273. The van der Waals surface area contributed by atoms with Gasteiger partial charge in [-0.3, -0.25) is 9.59 Å².